The number of carbonyl (C=O) groups excluding carboxylic acids is 2. The summed E-state index contributed by atoms with van der Waals surface area (Å²) >= 11 is 0. The summed E-state index contributed by atoms with van der Waals surface area (Å²) in [6, 6.07) is 14.0. The van der Waals surface area contributed by atoms with Crippen LogP contribution in [-0.4, -0.2) is 49.2 Å². The largest absolute Gasteiger partial charge is 0.494 e. The van der Waals surface area contributed by atoms with Crippen LogP contribution >= 0.6 is 0 Å². The number of benzene rings is 2. The van der Waals surface area contributed by atoms with Crippen LogP contribution in [0, 0.1) is 0 Å². The number of hydrogen-bond donors (Lipinski definition) is 2. The van der Waals surface area contributed by atoms with Gasteiger partial charge in [-0.3, -0.25) is 9.59 Å². The van der Waals surface area contributed by atoms with Crippen molar-refractivity contribution in [1.29, 1.82) is 0 Å². The highest BCUT2D eigenvalue weighted by Crippen LogP contribution is 2.18. The van der Waals surface area contributed by atoms with Crippen LogP contribution in [0.15, 0.2) is 48.5 Å². The molecule has 164 valence electrons. The third-order valence-corrected chi connectivity index (χ3v) is 5.10. The summed E-state index contributed by atoms with van der Waals surface area (Å²) in [7, 11) is -3.34. The van der Waals surface area contributed by atoms with E-state index in [1.165, 1.54) is 0 Å². The van der Waals surface area contributed by atoms with E-state index in [2.05, 4.69) is 15.6 Å². The molecule has 2 aromatic carbocycles. The zero-order valence-electron chi connectivity index (χ0n) is 17.3. The average molecular weight is 445 g/mol. The number of para-hydroxylation sites is 2. The molecule has 31 heavy (non-hydrogen) atoms. The highest BCUT2D eigenvalue weighted by molar-refractivity contribution is 7.89. The lowest BCUT2D eigenvalue weighted by Crippen LogP contribution is -2.35. The molecule has 0 aliphatic heterocycles. The Morgan fingerprint density at radius 1 is 1.06 bits per heavy atom. The molecule has 2 amide bonds. The molecule has 0 radical (unpaired) electrons. The number of aromatic nitrogens is 2. The van der Waals surface area contributed by atoms with E-state index >= 15 is 0 Å². The predicted molar refractivity (Wildman–Crippen MR) is 118 cm³/mol. The van der Waals surface area contributed by atoms with E-state index < -0.39 is 15.7 Å². The monoisotopic (exact) mass is 444 g/mol. The van der Waals surface area contributed by atoms with E-state index in [1.54, 1.807) is 53.1 Å². The summed E-state index contributed by atoms with van der Waals surface area (Å²) in [5.74, 6) is -0.124. The van der Waals surface area contributed by atoms with Crippen LogP contribution < -0.4 is 15.4 Å². The molecule has 9 nitrogen and oxygen atoms in total. The second-order valence-corrected chi connectivity index (χ2v) is 9.10. The van der Waals surface area contributed by atoms with Crippen LogP contribution in [-0.2, 0) is 31.7 Å². The summed E-state index contributed by atoms with van der Waals surface area (Å²) in [6.45, 7) is 2.06. The Hall–Kier alpha value is -3.40. The van der Waals surface area contributed by atoms with Crippen molar-refractivity contribution in [1.82, 2.24) is 14.9 Å². The summed E-state index contributed by atoms with van der Waals surface area (Å²) in [6.07, 6.45) is 1.11. The van der Waals surface area contributed by atoms with Crippen molar-refractivity contribution in [2.45, 2.75) is 19.2 Å². The summed E-state index contributed by atoms with van der Waals surface area (Å²) in [5.41, 5.74) is 1.83. The number of amides is 2. The van der Waals surface area contributed by atoms with Gasteiger partial charge in [0.05, 0.1) is 24.2 Å². The average Bonchev–Trinajstić information content (AvgIpc) is 3.03. The first-order chi connectivity index (χ1) is 14.7. The quantitative estimate of drug-likeness (QED) is 0.519. The van der Waals surface area contributed by atoms with Crippen LogP contribution in [0.5, 0.6) is 5.75 Å². The zero-order chi connectivity index (χ0) is 22.4. The minimum atomic E-state index is -3.34. The summed E-state index contributed by atoms with van der Waals surface area (Å²) < 4.78 is 30.4. The van der Waals surface area contributed by atoms with Crippen molar-refractivity contribution in [2.24, 2.45) is 0 Å². The lowest BCUT2D eigenvalue weighted by atomic mass is 10.3. The molecule has 0 unspecified atom stereocenters. The van der Waals surface area contributed by atoms with Gasteiger partial charge >= 0.3 is 0 Å². The number of fused-ring (bicyclic) bond motifs is 1. The molecule has 0 atom stereocenters. The van der Waals surface area contributed by atoms with Gasteiger partial charge in [0.2, 0.25) is 11.8 Å². The molecular weight excluding hydrogens is 420 g/mol. The highest BCUT2D eigenvalue weighted by atomic mass is 32.2. The molecule has 1 aromatic heterocycles. The van der Waals surface area contributed by atoms with Gasteiger partial charge in [0.25, 0.3) is 0 Å². The molecule has 3 aromatic rings. The number of ether oxygens (including phenoxy) is 1. The van der Waals surface area contributed by atoms with E-state index in [1.807, 2.05) is 6.92 Å². The van der Waals surface area contributed by atoms with E-state index in [0.717, 1.165) is 6.26 Å². The van der Waals surface area contributed by atoms with Crippen molar-refractivity contribution in [3.8, 4) is 5.75 Å². The van der Waals surface area contributed by atoms with Gasteiger partial charge in [0.15, 0.2) is 9.84 Å². The second-order valence-electron chi connectivity index (χ2n) is 6.96. The predicted octanol–water partition coefficient (Wildman–Crippen LogP) is 1.73. The third kappa shape index (κ3) is 6.29. The number of imidazole rings is 1. The van der Waals surface area contributed by atoms with Gasteiger partial charge in [-0.05, 0) is 43.3 Å². The second kappa shape index (κ2) is 9.61. The topological polar surface area (TPSA) is 119 Å². The van der Waals surface area contributed by atoms with Crippen LogP contribution in [0.2, 0.25) is 0 Å². The highest BCUT2D eigenvalue weighted by Gasteiger charge is 2.17. The normalized spacial score (nSPS) is 11.3. The first-order valence-corrected chi connectivity index (χ1v) is 11.7. The number of hydrogen-bond acceptors (Lipinski definition) is 6. The maximum Gasteiger partial charge on any atom is 0.243 e. The third-order valence-electron chi connectivity index (χ3n) is 4.32. The van der Waals surface area contributed by atoms with Crippen LogP contribution in [0.25, 0.3) is 11.0 Å². The first kappa shape index (κ1) is 22.3. The fourth-order valence-corrected chi connectivity index (χ4v) is 3.72. The lowest BCUT2D eigenvalue weighted by Gasteiger charge is -2.10. The number of carbonyl (C=O) groups is 2. The Kier molecular flexibility index (Phi) is 6.91. The lowest BCUT2D eigenvalue weighted by molar-refractivity contribution is -0.124. The van der Waals surface area contributed by atoms with E-state index in [-0.39, 0.29) is 30.6 Å². The van der Waals surface area contributed by atoms with Crippen molar-refractivity contribution in [3.05, 3.63) is 54.4 Å². The van der Waals surface area contributed by atoms with Gasteiger partial charge in [-0.15, -0.1) is 0 Å². The standard InChI is InChI=1S/C21H24N4O5S/c1-3-30-16-10-8-15(9-11-16)23-20(26)12-22-21(27)13-25-18-7-5-4-6-17(18)24-19(25)14-31(2,28)29/h4-11H,3,12-14H2,1-2H3,(H,22,27)(H,23,26). The molecule has 1 heterocycles. The Labute approximate surface area is 180 Å². The SMILES string of the molecule is CCOc1ccc(NC(=O)CNC(=O)Cn2c(CS(C)(=O)=O)nc3ccccc32)cc1. The number of nitrogens with zero attached hydrogens (tertiary/aromatic N) is 2. The molecule has 2 N–H and O–H groups in total. The van der Waals surface area contributed by atoms with Gasteiger partial charge in [0.1, 0.15) is 23.9 Å². The molecular formula is C21H24N4O5S. The van der Waals surface area contributed by atoms with Gasteiger partial charge in [-0.25, -0.2) is 13.4 Å². The fourth-order valence-electron chi connectivity index (χ4n) is 3.03. The van der Waals surface area contributed by atoms with Gasteiger partial charge < -0.3 is 19.9 Å². The smallest absolute Gasteiger partial charge is 0.243 e. The molecule has 0 saturated carbocycles. The summed E-state index contributed by atoms with van der Waals surface area (Å²) in [4.78, 5) is 28.9. The Balaban J connectivity index is 1.62. The number of anilines is 1. The zero-order valence-corrected chi connectivity index (χ0v) is 18.1. The molecule has 0 saturated heterocycles. The van der Waals surface area contributed by atoms with Crippen molar-refractivity contribution < 1.29 is 22.7 Å². The number of sulfone groups is 1. The molecule has 0 aliphatic rings. The van der Waals surface area contributed by atoms with Crippen molar-refractivity contribution in [3.63, 3.8) is 0 Å². The molecule has 0 fully saturated rings. The van der Waals surface area contributed by atoms with Crippen molar-refractivity contribution >= 4 is 38.4 Å². The van der Waals surface area contributed by atoms with Crippen LogP contribution in [0.4, 0.5) is 5.69 Å². The molecule has 10 heteroatoms. The number of rotatable bonds is 9. The number of nitrogens with one attached hydrogen (secondary N) is 2. The van der Waals surface area contributed by atoms with E-state index in [0.29, 0.717) is 29.1 Å². The maximum absolute atomic E-state index is 12.4. The maximum atomic E-state index is 12.4. The molecule has 0 bridgehead atoms. The van der Waals surface area contributed by atoms with Crippen LogP contribution in [0.3, 0.4) is 0 Å². The molecule has 0 spiro atoms. The Bertz CT molecular complexity index is 1190. The van der Waals surface area contributed by atoms with Gasteiger partial charge in [0, 0.05) is 11.9 Å². The minimum absolute atomic E-state index is 0.151. The van der Waals surface area contributed by atoms with E-state index in [9.17, 15) is 18.0 Å². The summed E-state index contributed by atoms with van der Waals surface area (Å²) in [5, 5.41) is 5.24. The molecule has 0 aliphatic carbocycles. The molecule has 3 rings (SSSR count). The van der Waals surface area contributed by atoms with Crippen molar-refractivity contribution in [2.75, 3.05) is 24.7 Å². The fraction of sp³-hybridized carbons (Fsp3) is 0.286. The Morgan fingerprint density at radius 2 is 1.77 bits per heavy atom. The minimum Gasteiger partial charge on any atom is -0.494 e. The Morgan fingerprint density at radius 3 is 2.45 bits per heavy atom. The van der Waals surface area contributed by atoms with Gasteiger partial charge in [-0.1, -0.05) is 12.1 Å². The first-order valence-electron chi connectivity index (χ1n) is 9.66. The van der Waals surface area contributed by atoms with Crippen LogP contribution in [0.1, 0.15) is 12.7 Å². The van der Waals surface area contributed by atoms with Gasteiger partial charge in [-0.2, -0.15) is 0 Å². The van der Waals surface area contributed by atoms with E-state index in [4.69, 9.17) is 4.74 Å².